The topological polar surface area (TPSA) is 67.5 Å². The maximum atomic E-state index is 8.81. The van der Waals surface area contributed by atoms with Gasteiger partial charge in [0.2, 0.25) is 0 Å². The zero-order valence-corrected chi connectivity index (χ0v) is 9.98. The van der Waals surface area contributed by atoms with Crippen molar-refractivity contribution in [2.45, 2.75) is 25.4 Å². The van der Waals surface area contributed by atoms with Crippen molar-refractivity contribution in [3.05, 3.63) is 29.3 Å². The number of nitrogens with two attached hydrogens (primary N) is 1. The van der Waals surface area contributed by atoms with Gasteiger partial charge >= 0.3 is 0 Å². The predicted octanol–water partition coefficient (Wildman–Crippen LogP) is 0.421. The summed E-state index contributed by atoms with van der Waals surface area (Å²) in [4.78, 5) is 0. The molecule has 0 radical (unpaired) electrons. The number of ether oxygens (including phenoxy) is 1. The predicted molar refractivity (Wildman–Crippen MR) is 67.0 cm³/mol. The Kier molecular flexibility index (Phi) is 4.36. The van der Waals surface area contributed by atoms with Gasteiger partial charge in [0.1, 0.15) is 5.75 Å². The number of fused-ring (bicyclic) bond motifs is 1. The lowest BCUT2D eigenvalue weighted by molar-refractivity contribution is 0.262. The summed E-state index contributed by atoms with van der Waals surface area (Å²) in [5.41, 5.74) is 8.14. The normalized spacial score (nSPS) is 16.1. The van der Waals surface area contributed by atoms with Gasteiger partial charge in [-0.05, 0) is 30.0 Å². The monoisotopic (exact) mass is 236 g/mol. The molecule has 4 nitrogen and oxygen atoms in total. The van der Waals surface area contributed by atoms with E-state index in [1.54, 1.807) is 0 Å². The van der Waals surface area contributed by atoms with E-state index in [1.165, 1.54) is 11.1 Å². The van der Waals surface area contributed by atoms with E-state index >= 15 is 0 Å². The molecule has 0 spiro atoms. The van der Waals surface area contributed by atoms with Gasteiger partial charge in [0, 0.05) is 19.1 Å². The average Bonchev–Trinajstić information content (AvgIpc) is 2.38. The van der Waals surface area contributed by atoms with Crippen LogP contribution in [0.4, 0.5) is 0 Å². The van der Waals surface area contributed by atoms with Crippen LogP contribution in [0.25, 0.3) is 0 Å². The second-order valence-corrected chi connectivity index (χ2v) is 4.47. The van der Waals surface area contributed by atoms with Crippen LogP contribution < -0.4 is 15.8 Å². The van der Waals surface area contributed by atoms with Gasteiger partial charge in [-0.3, -0.25) is 0 Å². The van der Waals surface area contributed by atoms with E-state index in [0.717, 1.165) is 31.7 Å². The van der Waals surface area contributed by atoms with Crippen LogP contribution in [0.3, 0.4) is 0 Å². The highest BCUT2D eigenvalue weighted by molar-refractivity contribution is 5.38. The number of benzene rings is 1. The zero-order chi connectivity index (χ0) is 12.1. The average molecular weight is 236 g/mol. The molecule has 94 valence electrons. The van der Waals surface area contributed by atoms with Crippen molar-refractivity contribution in [3.63, 3.8) is 0 Å². The number of hydrogen-bond donors (Lipinski definition) is 3. The van der Waals surface area contributed by atoms with E-state index in [2.05, 4.69) is 17.4 Å². The first-order chi connectivity index (χ1) is 8.29. The van der Waals surface area contributed by atoms with Crippen molar-refractivity contribution in [2.24, 2.45) is 5.73 Å². The van der Waals surface area contributed by atoms with E-state index in [0.29, 0.717) is 6.54 Å². The first-order valence-corrected chi connectivity index (χ1v) is 6.11. The SMILES string of the molecule is NC(CO)CNCc1ccc2c(c1)CCCO2. The van der Waals surface area contributed by atoms with Gasteiger partial charge in [0.25, 0.3) is 0 Å². The van der Waals surface area contributed by atoms with Crippen LogP contribution in [0.15, 0.2) is 18.2 Å². The molecule has 1 heterocycles. The Bertz CT molecular complexity index is 368. The highest BCUT2D eigenvalue weighted by Gasteiger charge is 2.10. The maximum absolute atomic E-state index is 8.81. The summed E-state index contributed by atoms with van der Waals surface area (Å²) in [5.74, 6) is 1.02. The maximum Gasteiger partial charge on any atom is 0.122 e. The molecule has 1 aromatic carbocycles. The minimum atomic E-state index is -0.184. The molecule has 0 amide bonds. The summed E-state index contributed by atoms with van der Waals surface area (Å²) < 4.78 is 5.57. The molecule has 0 fully saturated rings. The number of nitrogens with one attached hydrogen (secondary N) is 1. The van der Waals surface area contributed by atoms with E-state index < -0.39 is 0 Å². The number of rotatable bonds is 5. The second kappa shape index (κ2) is 6.00. The molecule has 0 saturated carbocycles. The Labute approximate surface area is 102 Å². The van der Waals surface area contributed by atoms with Crippen LogP contribution in [0.2, 0.25) is 0 Å². The quantitative estimate of drug-likeness (QED) is 0.693. The van der Waals surface area contributed by atoms with Gasteiger partial charge in [0.05, 0.1) is 13.2 Å². The third kappa shape index (κ3) is 3.43. The van der Waals surface area contributed by atoms with Crippen molar-refractivity contribution >= 4 is 0 Å². The minimum Gasteiger partial charge on any atom is -0.493 e. The van der Waals surface area contributed by atoms with Gasteiger partial charge in [-0.1, -0.05) is 12.1 Å². The molecule has 0 bridgehead atoms. The molecule has 4 heteroatoms. The zero-order valence-electron chi connectivity index (χ0n) is 9.98. The summed E-state index contributed by atoms with van der Waals surface area (Å²) in [7, 11) is 0. The Hall–Kier alpha value is -1.10. The van der Waals surface area contributed by atoms with Crippen LogP contribution in [-0.4, -0.2) is 30.9 Å². The molecular weight excluding hydrogens is 216 g/mol. The van der Waals surface area contributed by atoms with E-state index in [-0.39, 0.29) is 12.6 Å². The Morgan fingerprint density at radius 2 is 2.35 bits per heavy atom. The van der Waals surface area contributed by atoms with E-state index in [4.69, 9.17) is 15.6 Å². The first kappa shape index (κ1) is 12.4. The number of aliphatic hydroxyl groups excluding tert-OH is 1. The largest absolute Gasteiger partial charge is 0.493 e. The molecule has 17 heavy (non-hydrogen) atoms. The van der Waals surface area contributed by atoms with Crippen molar-refractivity contribution in [1.82, 2.24) is 5.32 Å². The molecule has 0 saturated heterocycles. The molecular formula is C13H20N2O2. The standard InChI is InChI=1S/C13H20N2O2/c14-12(9-16)8-15-7-10-3-4-13-11(6-10)2-1-5-17-13/h3-4,6,12,15-16H,1-2,5,7-9,14H2. The fourth-order valence-corrected chi connectivity index (χ4v) is 1.99. The van der Waals surface area contributed by atoms with E-state index in [1.807, 2.05) is 6.07 Å². The second-order valence-electron chi connectivity index (χ2n) is 4.47. The van der Waals surface area contributed by atoms with Crippen LogP contribution in [-0.2, 0) is 13.0 Å². The van der Waals surface area contributed by atoms with Crippen LogP contribution >= 0.6 is 0 Å². The number of aryl methyl sites for hydroxylation is 1. The van der Waals surface area contributed by atoms with Crippen LogP contribution in [0.1, 0.15) is 17.5 Å². The molecule has 2 rings (SSSR count). The molecule has 1 unspecified atom stereocenters. The third-order valence-corrected chi connectivity index (χ3v) is 2.94. The third-order valence-electron chi connectivity index (χ3n) is 2.94. The highest BCUT2D eigenvalue weighted by atomic mass is 16.5. The summed E-state index contributed by atoms with van der Waals surface area (Å²) in [6, 6.07) is 6.11. The van der Waals surface area contributed by atoms with Crippen LogP contribution in [0, 0.1) is 0 Å². The smallest absolute Gasteiger partial charge is 0.122 e. The van der Waals surface area contributed by atoms with Crippen molar-refractivity contribution in [2.75, 3.05) is 19.8 Å². The Morgan fingerprint density at radius 1 is 1.47 bits per heavy atom. The minimum absolute atomic E-state index is 0.0189. The van der Waals surface area contributed by atoms with Crippen LogP contribution in [0.5, 0.6) is 5.75 Å². The molecule has 1 aromatic rings. The Morgan fingerprint density at radius 3 is 3.18 bits per heavy atom. The number of hydrogen-bond acceptors (Lipinski definition) is 4. The summed E-state index contributed by atoms with van der Waals surface area (Å²) >= 11 is 0. The fourth-order valence-electron chi connectivity index (χ4n) is 1.99. The lowest BCUT2D eigenvalue weighted by Crippen LogP contribution is -2.36. The molecule has 0 aromatic heterocycles. The van der Waals surface area contributed by atoms with E-state index in [9.17, 15) is 0 Å². The fraction of sp³-hybridized carbons (Fsp3) is 0.538. The van der Waals surface area contributed by atoms with Gasteiger partial charge in [-0.2, -0.15) is 0 Å². The van der Waals surface area contributed by atoms with Gasteiger partial charge in [0.15, 0.2) is 0 Å². The summed E-state index contributed by atoms with van der Waals surface area (Å²) in [6.07, 6.45) is 2.19. The summed E-state index contributed by atoms with van der Waals surface area (Å²) in [6.45, 7) is 2.26. The van der Waals surface area contributed by atoms with Crippen molar-refractivity contribution < 1.29 is 9.84 Å². The molecule has 0 aliphatic carbocycles. The summed E-state index contributed by atoms with van der Waals surface area (Å²) in [5, 5.41) is 12.0. The number of aliphatic hydroxyl groups is 1. The highest BCUT2D eigenvalue weighted by Crippen LogP contribution is 2.25. The van der Waals surface area contributed by atoms with Crippen molar-refractivity contribution in [3.8, 4) is 5.75 Å². The Balaban J connectivity index is 1.89. The molecule has 4 N–H and O–H groups in total. The van der Waals surface area contributed by atoms with Gasteiger partial charge < -0.3 is 20.9 Å². The lowest BCUT2D eigenvalue weighted by Gasteiger charge is -2.18. The molecule has 1 atom stereocenters. The van der Waals surface area contributed by atoms with Gasteiger partial charge in [-0.25, -0.2) is 0 Å². The molecule has 1 aliphatic heterocycles. The molecule has 1 aliphatic rings. The lowest BCUT2D eigenvalue weighted by atomic mass is 10.0. The van der Waals surface area contributed by atoms with Crippen molar-refractivity contribution in [1.29, 1.82) is 0 Å². The van der Waals surface area contributed by atoms with Gasteiger partial charge in [-0.15, -0.1) is 0 Å². The first-order valence-electron chi connectivity index (χ1n) is 6.11.